The third kappa shape index (κ3) is 1.36. The van der Waals surface area contributed by atoms with Crippen molar-refractivity contribution in [1.29, 1.82) is 0 Å². The number of ether oxygens (including phenoxy) is 2. The molecular weight excluding hydrogens is 197 g/mol. The summed E-state index contributed by atoms with van der Waals surface area (Å²) in [4.78, 5) is 0. The summed E-state index contributed by atoms with van der Waals surface area (Å²) < 4.78 is 24.2. The van der Waals surface area contributed by atoms with Gasteiger partial charge in [-0.25, -0.2) is 4.39 Å². The Hall–Kier alpha value is -1.29. The highest BCUT2D eigenvalue weighted by molar-refractivity contribution is 5.47. The molecule has 4 heteroatoms. The monoisotopic (exact) mass is 209 g/mol. The maximum Gasteiger partial charge on any atom is 0.231 e. The Morgan fingerprint density at radius 1 is 1.33 bits per heavy atom. The van der Waals surface area contributed by atoms with Gasteiger partial charge in [0.15, 0.2) is 11.6 Å². The van der Waals surface area contributed by atoms with Crippen LogP contribution in [-0.2, 0) is 0 Å². The molecule has 3 nitrogen and oxygen atoms in total. The average Bonchev–Trinajstić information content (AvgIpc) is 2.87. The third-order valence-electron chi connectivity index (χ3n) is 2.94. The smallest absolute Gasteiger partial charge is 0.231 e. The summed E-state index contributed by atoms with van der Waals surface area (Å²) in [6.07, 6.45) is 2.08. The number of halogens is 1. The van der Waals surface area contributed by atoms with E-state index in [-0.39, 0.29) is 24.4 Å². The molecular formula is C11H12FNO2. The highest BCUT2D eigenvalue weighted by atomic mass is 19.1. The van der Waals surface area contributed by atoms with E-state index in [0.717, 1.165) is 19.4 Å². The van der Waals surface area contributed by atoms with E-state index in [1.165, 1.54) is 0 Å². The van der Waals surface area contributed by atoms with E-state index in [1.54, 1.807) is 12.1 Å². The molecule has 3 rings (SSSR count). The minimum atomic E-state index is -0.274. The van der Waals surface area contributed by atoms with Gasteiger partial charge in [0.05, 0.1) is 0 Å². The van der Waals surface area contributed by atoms with Gasteiger partial charge < -0.3 is 14.8 Å². The van der Waals surface area contributed by atoms with Crippen molar-refractivity contribution in [2.75, 3.05) is 13.3 Å². The van der Waals surface area contributed by atoms with Crippen molar-refractivity contribution in [2.24, 2.45) is 0 Å². The Bertz CT molecular complexity index is 388. The molecule has 15 heavy (non-hydrogen) atoms. The van der Waals surface area contributed by atoms with E-state index in [2.05, 4.69) is 5.32 Å². The molecule has 0 saturated carbocycles. The number of fused-ring (bicyclic) bond motifs is 1. The number of rotatable bonds is 1. The first kappa shape index (κ1) is 8.97. The SMILES string of the molecule is Fc1c(C2CCCN2)ccc2c1OCO2. The second-order valence-corrected chi connectivity index (χ2v) is 3.85. The molecule has 1 saturated heterocycles. The second-order valence-electron chi connectivity index (χ2n) is 3.85. The van der Waals surface area contributed by atoms with Crippen molar-refractivity contribution in [3.63, 3.8) is 0 Å². The van der Waals surface area contributed by atoms with Crippen molar-refractivity contribution >= 4 is 0 Å². The summed E-state index contributed by atoms with van der Waals surface area (Å²) in [5.74, 6) is 0.500. The van der Waals surface area contributed by atoms with Crippen molar-refractivity contribution in [3.05, 3.63) is 23.5 Å². The van der Waals surface area contributed by atoms with Gasteiger partial charge in [0, 0.05) is 11.6 Å². The van der Waals surface area contributed by atoms with E-state index in [0.29, 0.717) is 11.3 Å². The molecule has 0 radical (unpaired) electrons. The maximum atomic E-state index is 14.0. The quantitative estimate of drug-likeness (QED) is 0.767. The number of hydrogen-bond donors (Lipinski definition) is 1. The minimum absolute atomic E-state index is 0.119. The van der Waals surface area contributed by atoms with Crippen LogP contribution in [0.25, 0.3) is 0 Å². The number of nitrogens with one attached hydrogen (secondary N) is 1. The predicted molar refractivity (Wildman–Crippen MR) is 52.5 cm³/mol. The van der Waals surface area contributed by atoms with Gasteiger partial charge in [-0.05, 0) is 25.5 Å². The molecule has 0 aliphatic carbocycles. The molecule has 2 aliphatic rings. The van der Waals surface area contributed by atoms with Crippen molar-refractivity contribution < 1.29 is 13.9 Å². The van der Waals surface area contributed by atoms with Gasteiger partial charge in [-0.3, -0.25) is 0 Å². The fourth-order valence-corrected chi connectivity index (χ4v) is 2.17. The minimum Gasteiger partial charge on any atom is -0.453 e. The molecule has 1 N–H and O–H groups in total. The standard InChI is InChI=1S/C11H12FNO2/c12-10-7(8-2-1-5-13-8)3-4-9-11(10)15-6-14-9/h3-4,8,13H,1-2,5-6H2. The Labute approximate surface area is 87.2 Å². The second kappa shape index (κ2) is 3.38. The van der Waals surface area contributed by atoms with Gasteiger partial charge >= 0.3 is 0 Å². The zero-order chi connectivity index (χ0) is 10.3. The molecule has 1 unspecified atom stereocenters. The Morgan fingerprint density at radius 2 is 2.27 bits per heavy atom. The largest absolute Gasteiger partial charge is 0.453 e. The lowest BCUT2D eigenvalue weighted by molar-refractivity contribution is 0.170. The van der Waals surface area contributed by atoms with Crippen LogP contribution in [0.4, 0.5) is 4.39 Å². The van der Waals surface area contributed by atoms with Crippen LogP contribution in [0.5, 0.6) is 11.5 Å². The lowest BCUT2D eigenvalue weighted by Gasteiger charge is -2.12. The summed E-state index contributed by atoms with van der Waals surface area (Å²) in [5.41, 5.74) is 0.691. The molecule has 2 heterocycles. The van der Waals surface area contributed by atoms with Crippen LogP contribution in [0.3, 0.4) is 0 Å². The highest BCUT2D eigenvalue weighted by Gasteiger charge is 2.26. The van der Waals surface area contributed by atoms with Crippen molar-refractivity contribution in [3.8, 4) is 11.5 Å². The third-order valence-corrected chi connectivity index (χ3v) is 2.94. The predicted octanol–water partition coefficient (Wildman–Crippen LogP) is 1.98. The zero-order valence-electron chi connectivity index (χ0n) is 8.25. The molecule has 0 aromatic heterocycles. The van der Waals surface area contributed by atoms with E-state index in [1.807, 2.05) is 0 Å². The van der Waals surface area contributed by atoms with Gasteiger partial charge in [-0.15, -0.1) is 0 Å². The van der Waals surface area contributed by atoms with E-state index in [9.17, 15) is 4.39 Å². The normalized spacial score (nSPS) is 23.4. The fourth-order valence-electron chi connectivity index (χ4n) is 2.17. The van der Waals surface area contributed by atoms with Crippen LogP contribution in [0, 0.1) is 5.82 Å². The fraction of sp³-hybridized carbons (Fsp3) is 0.455. The van der Waals surface area contributed by atoms with Gasteiger partial charge in [0.1, 0.15) is 0 Å². The van der Waals surface area contributed by atoms with Crippen molar-refractivity contribution in [2.45, 2.75) is 18.9 Å². The summed E-state index contributed by atoms with van der Waals surface area (Å²) in [6.45, 7) is 1.08. The van der Waals surface area contributed by atoms with E-state index in [4.69, 9.17) is 9.47 Å². The lowest BCUT2D eigenvalue weighted by Crippen LogP contribution is -2.14. The average molecular weight is 209 g/mol. The van der Waals surface area contributed by atoms with Gasteiger partial charge in [0.2, 0.25) is 12.5 Å². The molecule has 1 fully saturated rings. The highest BCUT2D eigenvalue weighted by Crippen LogP contribution is 2.39. The van der Waals surface area contributed by atoms with E-state index >= 15 is 0 Å². The molecule has 2 aliphatic heterocycles. The maximum absolute atomic E-state index is 14.0. The van der Waals surface area contributed by atoms with Crippen LogP contribution >= 0.6 is 0 Å². The zero-order valence-corrected chi connectivity index (χ0v) is 8.25. The molecule has 0 bridgehead atoms. The van der Waals surface area contributed by atoms with Gasteiger partial charge in [0.25, 0.3) is 0 Å². The molecule has 0 spiro atoms. The first-order valence-electron chi connectivity index (χ1n) is 5.17. The summed E-state index contributed by atoms with van der Waals surface area (Å²) in [5, 5.41) is 3.27. The topological polar surface area (TPSA) is 30.5 Å². The van der Waals surface area contributed by atoms with Crippen LogP contribution in [0.2, 0.25) is 0 Å². The van der Waals surface area contributed by atoms with Crippen LogP contribution < -0.4 is 14.8 Å². The Kier molecular flexibility index (Phi) is 2.02. The van der Waals surface area contributed by atoms with Gasteiger partial charge in [-0.2, -0.15) is 0 Å². The first-order chi connectivity index (χ1) is 7.36. The molecule has 1 atom stereocenters. The number of benzene rings is 1. The molecule has 1 aromatic carbocycles. The summed E-state index contributed by atoms with van der Waals surface area (Å²) >= 11 is 0. The summed E-state index contributed by atoms with van der Waals surface area (Å²) in [7, 11) is 0. The van der Waals surface area contributed by atoms with Crippen LogP contribution in [0.1, 0.15) is 24.4 Å². The molecule has 1 aromatic rings. The van der Waals surface area contributed by atoms with Gasteiger partial charge in [-0.1, -0.05) is 6.07 Å². The van der Waals surface area contributed by atoms with E-state index < -0.39 is 0 Å². The van der Waals surface area contributed by atoms with Crippen LogP contribution in [-0.4, -0.2) is 13.3 Å². The van der Waals surface area contributed by atoms with Crippen LogP contribution in [0.15, 0.2) is 12.1 Å². The molecule has 0 amide bonds. The van der Waals surface area contributed by atoms with Crippen molar-refractivity contribution in [1.82, 2.24) is 5.32 Å². The Balaban J connectivity index is 2.01. The lowest BCUT2D eigenvalue weighted by atomic mass is 10.0. The Morgan fingerprint density at radius 3 is 3.07 bits per heavy atom. The first-order valence-corrected chi connectivity index (χ1v) is 5.17. The number of hydrogen-bond acceptors (Lipinski definition) is 3. The summed E-state index contributed by atoms with van der Waals surface area (Å²) in [6, 6.07) is 3.69. The molecule has 80 valence electrons.